The molecule has 0 spiro atoms. The van der Waals surface area contributed by atoms with E-state index in [9.17, 15) is 19.7 Å². The summed E-state index contributed by atoms with van der Waals surface area (Å²) in [6.07, 6.45) is 0.382. The SMILES string of the molecule is CN1CCN(CCC(=O)Nc2ccc3c(=O)c4cc([N+](=O)[O-])ccc4oc3c2)CC1. The molecule has 1 aliphatic rings. The highest BCUT2D eigenvalue weighted by molar-refractivity contribution is 5.95. The highest BCUT2D eigenvalue weighted by Gasteiger charge is 2.16. The van der Waals surface area contributed by atoms with Gasteiger partial charge in [-0.05, 0) is 25.2 Å². The molecule has 1 N–H and O–H groups in total. The lowest BCUT2D eigenvalue weighted by Gasteiger charge is -2.32. The molecule has 1 aliphatic heterocycles. The number of hydrogen-bond acceptors (Lipinski definition) is 7. The van der Waals surface area contributed by atoms with Gasteiger partial charge in [-0.3, -0.25) is 19.7 Å². The zero-order valence-electron chi connectivity index (χ0n) is 16.6. The van der Waals surface area contributed by atoms with Gasteiger partial charge in [-0.15, -0.1) is 0 Å². The van der Waals surface area contributed by atoms with Crippen LogP contribution in [0.15, 0.2) is 45.6 Å². The second-order valence-corrected chi connectivity index (χ2v) is 7.52. The van der Waals surface area contributed by atoms with Crippen LogP contribution in [0, 0.1) is 10.1 Å². The smallest absolute Gasteiger partial charge is 0.270 e. The first-order valence-corrected chi connectivity index (χ1v) is 9.76. The van der Waals surface area contributed by atoms with Gasteiger partial charge in [-0.1, -0.05) is 0 Å². The van der Waals surface area contributed by atoms with Gasteiger partial charge in [0.2, 0.25) is 11.3 Å². The van der Waals surface area contributed by atoms with Crippen molar-refractivity contribution >= 4 is 39.2 Å². The van der Waals surface area contributed by atoms with Crippen molar-refractivity contribution in [1.82, 2.24) is 9.80 Å². The van der Waals surface area contributed by atoms with Crippen molar-refractivity contribution in [1.29, 1.82) is 0 Å². The van der Waals surface area contributed by atoms with Gasteiger partial charge in [0.05, 0.1) is 15.7 Å². The topological polar surface area (TPSA) is 109 Å². The summed E-state index contributed by atoms with van der Waals surface area (Å²) in [7, 11) is 2.09. The average Bonchev–Trinajstić information content (AvgIpc) is 2.73. The maximum Gasteiger partial charge on any atom is 0.270 e. The first-order chi connectivity index (χ1) is 14.4. The molecule has 0 radical (unpaired) electrons. The maximum absolute atomic E-state index is 12.7. The van der Waals surface area contributed by atoms with Gasteiger partial charge in [0.15, 0.2) is 0 Å². The molecule has 0 atom stereocenters. The second-order valence-electron chi connectivity index (χ2n) is 7.52. The molecule has 9 nitrogen and oxygen atoms in total. The normalized spacial score (nSPS) is 15.5. The summed E-state index contributed by atoms with van der Waals surface area (Å²) < 4.78 is 5.76. The van der Waals surface area contributed by atoms with Crippen LogP contribution in [0.5, 0.6) is 0 Å². The number of piperazine rings is 1. The van der Waals surface area contributed by atoms with Crippen molar-refractivity contribution in [3.8, 4) is 0 Å². The molecular weight excluding hydrogens is 388 g/mol. The van der Waals surface area contributed by atoms with Crippen LogP contribution in [0.4, 0.5) is 11.4 Å². The number of hydrogen-bond donors (Lipinski definition) is 1. The Morgan fingerprint density at radius 3 is 2.60 bits per heavy atom. The Balaban J connectivity index is 1.51. The number of carbonyl (C=O) groups excluding carboxylic acids is 1. The zero-order chi connectivity index (χ0) is 21.3. The Kier molecular flexibility index (Phi) is 5.47. The molecule has 0 unspecified atom stereocenters. The molecule has 4 rings (SSSR count). The van der Waals surface area contributed by atoms with E-state index in [4.69, 9.17) is 4.42 Å². The largest absolute Gasteiger partial charge is 0.456 e. The predicted octanol–water partition coefficient (Wildman–Crippen LogP) is 2.43. The molecule has 2 aromatic carbocycles. The Bertz CT molecular complexity index is 1180. The number of fused-ring (bicyclic) bond motifs is 2. The zero-order valence-corrected chi connectivity index (χ0v) is 16.6. The number of non-ortho nitro benzene ring substituents is 1. The van der Waals surface area contributed by atoms with E-state index in [0.29, 0.717) is 29.6 Å². The molecule has 1 fully saturated rings. The van der Waals surface area contributed by atoms with Crippen molar-refractivity contribution in [3.63, 3.8) is 0 Å². The third-order valence-electron chi connectivity index (χ3n) is 5.40. The van der Waals surface area contributed by atoms with Crippen LogP contribution in [-0.2, 0) is 4.79 Å². The quantitative estimate of drug-likeness (QED) is 0.391. The van der Waals surface area contributed by atoms with Crippen LogP contribution < -0.4 is 10.7 Å². The molecule has 3 aromatic rings. The molecule has 0 aliphatic carbocycles. The van der Waals surface area contributed by atoms with Crippen molar-refractivity contribution in [2.45, 2.75) is 6.42 Å². The van der Waals surface area contributed by atoms with Crippen molar-refractivity contribution in [2.75, 3.05) is 45.1 Å². The Morgan fingerprint density at radius 1 is 1.10 bits per heavy atom. The van der Waals surface area contributed by atoms with Gasteiger partial charge >= 0.3 is 0 Å². The van der Waals surface area contributed by atoms with Gasteiger partial charge in [0, 0.05) is 63.0 Å². The molecule has 0 saturated carbocycles. The highest BCUT2D eigenvalue weighted by atomic mass is 16.6. The van der Waals surface area contributed by atoms with Crippen LogP contribution in [0.3, 0.4) is 0 Å². The van der Waals surface area contributed by atoms with E-state index in [1.54, 1.807) is 18.2 Å². The van der Waals surface area contributed by atoms with Gasteiger partial charge in [0.1, 0.15) is 11.2 Å². The van der Waals surface area contributed by atoms with E-state index in [1.165, 1.54) is 18.2 Å². The van der Waals surface area contributed by atoms with Crippen LogP contribution in [-0.4, -0.2) is 60.4 Å². The third-order valence-corrected chi connectivity index (χ3v) is 5.40. The number of rotatable bonds is 5. The number of amides is 1. The number of benzene rings is 2. The number of nitrogens with one attached hydrogen (secondary N) is 1. The standard InChI is InChI=1S/C21H22N4O5/c1-23-8-10-24(11-9-23)7-6-20(26)22-14-2-4-16-19(12-14)30-18-5-3-15(25(28)29)13-17(18)21(16)27/h2-5,12-13H,6-11H2,1H3,(H,22,26). The summed E-state index contributed by atoms with van der Waals surface area (Å²) >= 11 is 0. The van der Waals surface area contributed by atoms with Crippen LogP contribution >= 0.6 is 0 Å². The summed E-state index contributed by atoms with van der Waals surface area (Å²) in [5, 5.41) is 14.3. The van der Waals surface area contributed by atoms with Crippen molar-refractivity contribution < 1.29 is 14.1 Å². The van der Waals surface area contributed by atoms with E-state index in [-0.39, 0.29) is 28.0 Å². The summed E-state index contributed by atoms with van der Waals surface area (Å²) in [5.41, 5.74) is 0.603. The summed E-state index contributed by atoms with van der Waals surface area (Å²) in [4.78, 5) is 40.0. The Hall–Kier alpha value is -3.30. The van der Waals surface area contributed by atoms with Crippen LogP contribution in [0.25, 0.3) is 21.9 Å². The van der Waals surface area contributed by atoms with Gasteiger partial charge < -0.3 is 19.5 Å². The van der Waals surface area contributed by atoms with Gasteiger partial charge in [-0.25, -0.2) is 0 Å². The van der Waals surface area contributed by atoms with E-state index >= 15 is 0 Å². The fourth-order valence-corrected chi connectivity index (χ4v) is 3.59. The number of carbonyl (C=O) groups is 1. The minimum Gasteiger partial charge on any atom is -0.456 e. The summed E-state index contributed by atoms with van der Waals surface area (Å²) in [6, 6.07) is 8.72. The van der Waals surface area contributed by atoms with E-state index in [0.717, 1.165) is 26.2 Å². The number of anilines is 1. The number of likely N-dealkylation sites (N-methyl/N-ethyl adjacent to an activating group) is 1. The molecule has 1 saturated heterocycles. The Morgan fingerprint density at radius 2 is 1.87 bits per heavy atom. The summed E-state index contributed by atoms with van der Waals surface area (Å²) in [6.45, 7) is 4.61. The predicted molar refractivity (Wildman–Crippen MR) is 114 cm³/mol. The fraction of sp³-hybridized carbons (Fsp3) is 0.333. The third kappa shape index (κ3) is 4.17. The number of nitro benzene ring substituents is 1. The molecule has 156 valence electrons. The molecular formula is C21H22N4O5. The van der Waals surface area contributed by atoms with Gasteiger partial charge in [0.25, 0.3) is 5.69 Å². The molecule has 9 heteroatoms. The van der Waals surface area contributed by atoms with Crippen LogP contribution in [0.1, 0.15) is 6.42 Å². The summed E-state index contributed by atoms with van der Waals surface area (Å²) in [5.74, 6) is -0.105. The molecule has 0 bridgehead atoms. The highest BCUT2D eigenvalue weighted by Crippen LogP contribution is 2.24. The number of nitrogens with zero attached hydrogens (tertiary/aromatic N) is 3. The second kappa shape index (κ2) is 8.21. The van der Waals surface area contributed by atoms with Crippen molar-refractivity contribution in [2.24, 2.45) is 0 Å². The average molecular weight is 410 g/mol. The first kappa shape index (κ1) is 20.0. The minimum absolute atomic E-state index is 0.105. The lowest BCUT2D eigenvalue weighted by molar-refractivity contribution is -0.384. The Labute approximate surface area is 172 Å². The fourth-order valence-electron chi connectivity index (χ4n) is 3.59. The molecule has 30 heavy (non-hydrogen) atoms. The van der Waals surface area contributed by atoms with E-state index < -0.39 is 4.92 Å². The molecule has 1 amide bonds. The number of nitro groups is 1. The molecule has 2 heterocycles. The van der Waals surface area contributed by atoms with Crippen LogP contribution in [0.2, 0.25) is 0 Å². The van der Waals surface area contributed by atoms with E-state index in [1.807, 2.05) is 0 Å². The molecule has 1 aromatic heterocycles. The lowest BCUT2D eigenvalue weighted by Crippen LogP contribution is -2.45. The van der Waals surface area contributed by atoms with Crippen molar-refractivity contribution in [3.05, 3.63) is 56.7 Å². The first-order valence-electron chi connectivity index (χ1n) is 9.76. The monoisotopic (exact) mass is 410 g/mol. The minimum atomic E-state index is -0.552. The van der Waals surface area contributed by atoms with Gasteiger partial charge in [-0.2, -0.15) is 0 Å². The lowest BCUT2D eigenvalue weighted by atomic mass is 10.1. The maximum atomic E-state index is 12.7. The van der Waals surface area contributed by atoms with E-state index in [2.05, 4.69) is 22.2 Å².